The first-order valence-electron chi connectivity index (χ1n) is 12.3. The number of carbonyl (C=O) groups is 2. The van der Waals surface area contributed by atoms with Crippen LogP contribution < -0.4 is 5.32 Å². The zero-order valence-corrected chi connectivity index (χ0v) is 23.3. The van der Waals surface area contributed by atoms with Gasteiger partial charge in [0, 0.05) is 18.4 Å². The molecule has 5 heteroatoms. The number of carboxylic acids is 1. The summed E-state index contributed by atoms with van der Waals surface area (Å²) in [6, 6.07) is -0.832. The van der Waals surface area contributed by atoms with Crippen molar-refractivity contribution in [3.8, 4) is 0 Å². The van der Waals surface area contributed by atoms with Crippen molar-refractivity contribution < 1.29 is 14.7 Å². The number of aliphatic carboxylic acids is 1. The van der Waals surface area contributed by atoms with E-state index >= 15 is 0 Å². The Morgan fingerprint density at radius 1 is 0.765 bits per heavy atom. The molecule has 0 aromatic carbocycles. The smallest absolute Gasteiger partial charge is 0.327 e. The molecule has 0 saturated heterocycles. The van der Waals surface area contributed by atoms with Gasteiger partial charge in [-0.2, -0.15) is 11.8 Å². The Bertz CT molecular complexity index is 779. The molecule has 2 N–H and O–H groups in total. The second kappa shape index (κ2) is 19.3. The minimum absolute atomic E-state index is 0.315. The second-order valence-corrected chi connectivity index (χ2v) is 10.6. The summed E-state index contributed by atoms with van der Waals surface area (Å²) in [4.78, 5) is 22.3. The molecular formula is C29H47NO3S. The first kappa shape index (κ1) is 32.0. The molecule has 0 aromatic rings. The lowest BCUT2D eigenvalue weighted by molar-refractivity contribution is -0.140. The fourth-order valence-electron chi connectivity index (χ4n) is 3.23. The SMILES string of the molecule is CC(=O)N[C@@H](CSC/C=C(\C)CC/C=C(\CC=C(C)C)CC/C=C(\C)CCC=C(C)C)C(=O)O. The van der Waals surface area contributed by atoms with E-state index < -0.39 is 12.0 Å². The van der Waals surface area contributed by atoms with Crippen molar-refractivity contribution in [2.24, 2.45) is 0 Å². The van der Waals surface area contributed by atoms with Crippen LogP contribution in [0.4, 0.5) is 0 Å². The Labute approximate surface area is 212 Å². The Kier molecular flexibility index (Phi) is 18.2. The lowest BCUT2D eigenvalue weighted by Crippen LogP contribution is -2.41. The van der Waals surface area contributed by atoms with Crippen molar-refractivity contribution >= 4 is 23.6 Å². The van der Waals surface area contributed by atoms with Gasteiger partial charge >= 0.3 is 5.97 Å². The Morgan fingerprint density at radius 3 is 1.88 bits per heavy atom. The van der Waals surface area contributed by atoms with Crippen LogP contribution in [0, 0.1) is 0 Å². The van der Waals surface area contributed by atoms with Crippen LogP contribution >= 0.6 is 11.8 Å². The molecule has 4 nitrogen and oxygen atoms in total. The van der Waals surface area contributed by atoms with E-state index in [1.807, 2.05) is 0 Å². The maximum absolute atomic E-state index is 11.2. The van der Waals surface area contributed by atoms with Gasteiger partial charge in [0.15, 0.2) is 0 Å². The molecule has 0 rings (SSSR count). The molecule has 192 valence electrons. The summed E-state index contributed by atoms with van der Waals surface area (Å²) in [6.45, 7) is 14.3. The highest BCUT2D eigenvalue weighted by Gasteiger charge is 2.17. The van der Waals surface area contributed by atoms with Crippen molar-refractivity contribution in [2.75, 3.05) is 11.5 Å². The number of allylic oxidation sites excluding steroid dienone is 9. The van der Waals surface area contributed by atoms with E-state index in [1.54, 1.807) is 0 Å². The summed E-state index contributed by atoms with van der Waals surface area (Å²) in [5.74, 6) is -0.187. The van der Waals surface area contributed by atoms with Crippen LogP contribution in [0.15, 0.2) is 58.2 Å². The van der Waals surface area contributed by atoms with Gasteiger partial charge in [0.05, 0.1) is 0 Å². The molecule has 0 aliphatic rings. The molecule has 1 amide bonds. The van der Waals surface area contributed by atoms with E-state index in [0.717, 1.165) is 50.7 Å². The average molecular weight is 490 g/mol. The molecule has 0 spiro atoms. The van der Waals surface area contributed by atoms with Crippen LogP contribution in [-0.2, 0) is 9.59 Å². The summed E-state index contributed by atoms with van der Waals surface area (Å²) in [5, 5.41) is 11.6. The van der Waals surface area contributed by atoms with Gasteiger partial charge in [-0.3, -0.25) is 4.79 Å². The van der Waals surface area contributed by atoms with E-state index in [1.165, 1.54) is 46.6 Å². The summed E-state index contributed by atoms with van der Waals surface area (Å²) in [5.41, 5.74) is 7.02. The monoisotopic (exact) mass is 489 g/mol. The van der Waals surface area contributed by atoms with E-state index in [4.69, 9.17) is 5.11 Å². The maximum atomic E-state index is 11.2. The normalized spacial score (nSPS) is 13.3. The molecule has 0 heterocycles. The summed E-state index contributed by atoms with van der Waals surface area (Å²) < 4.78 is 0. The van der Waals surface area contributed by atoms with Crippen molar-refractivity contribution in [1.82, 2.24) is 5.32 Å². The van der Waals surface area contributed by atoms with Crippen LogP contribution in [0.2, 0.25) is 0 Å². The van der Waals surface area contributed by atoms with E-state index in [2.05, 4.69) is 77.2 Å². The molecule has 34 heavy (non-hydrogen) atoms. The Balaban J connectivity index is 4.65. The Hall–Kier alpha value is -2.01. The zero-order valence-electron chi connectivity index (χ0n) is 22.5. The Morgan fingerprint density at radius 2 is 1.32 bits per heavy atom. The van der Waals surface area contributed by atoms with E-state index in [0.29, 0.717) is 5.75 Å². The van der Waals surface area contributed by atoms with Gasteiger partial charge in [-0.25, -0.2) is 4.79 Å². The number of amides is 1. The van der Waals surface area contributed by atoms with Gasteiger partial charge in [-0.15, -0.1) is 0 Å². The second-order valence-electron chi connectivity index (χ2n) is 9.48. The number of nitrogens with one attached hydrogen (secondary N) is 1. The van der Waals surface area contributed by atoms with Gasteiger partial charge in [-0.05, 0) is 86.5 Å². The van der Waals surface area contributed by atoms with Crippen molar-refractivity contribution in [3.05, 3.63) is 58.2 Å². The van der Waals surface area contributed by atoms with Crippen molar-refractivity contribution in [3.63, 3.8) is 0 Å². The lowest BCUT2D eigenvalue weighted by atomic mass is 10.0. The van der Waals surface area contributed by atoms with Crippen LogP contribution in [0.1, 0.15) is 93.4 Å². The highest BCUT2D eigenvalue weighted by molar-refractivity contribution is 7.99. The average Bonchev–Trinajstić information content (AvgIpc) is 2.72. The summed E-state index contributed by atoms with van der Waals surface area (Å²) in [7, 11) is 0. The first-order valence-corrected chi connectivity index (χ1v) is 13.5. The molecule has 0 radical (unpaired) electrons. The first-order chi connectivity index (χ1) is 16.0. The predicted molar refractivity (Wildman–Crippen MR) is 149 cm³/mol. The van der Waals surface area contributed by atoms with Crippen molar-refractivity contribution in [2.45, 2.75) is 99.5 Å². The number of hydrogen-bond acceptors (Lipinski definition) is 3. The van der Waals surface area contributed by atoms with Gasteiger partial charge < -0.3 is 10.4 Å². The standard InChI is InChI=1S/C29H47NO3S/c1-22(2)11-8-12-24(5)13-9-15-27(18-17-23(3)4)16-10-14-25(6)19-20-34-21-28(29(32)33)30-26(7)31/h11,13,16-17,19,28H,8-10,12,14-15,18,20-21H2,1-7H3,(H,30,31)(H,32,33)/b24-13+,25-19+,27-16-/t28-/m0/s1. The van der Waals surface area contributed by atoms with Gasteiger partial charge in [0.1, 0.15) is 6.04 Å². The van der Waals surface area contributed by atoms with Gasteiger partial charge in [0.25, 0.3) is 0 Å². The summed E-state index contributed by atoms with van der Waals surface area (Å²) in [6.07, 6.45) is 19.1. The minimum atomic E-state index is -0.990. The van der Waals surface area contributed by atoms with E-state index in [9.17, 15) is 9.59 Å². The highest BCUT2D eigenvalue weighted by Crippen LogP contribution is 2.18. The molecule has 1 atom stereocenters. The zero-order chi connectivity index (χ0) is 25.9. The molecular weight excluding hydrogens is 442 g/mol. The number of thioether (sulfide) groups is 1. The fraction of sp³-hybridized carbons (Fsp3) is 0.586. The molecule has 0 unspecified atom stereocenters. The molecule has 0 bridgehead atoms. The predicted octanol–water partition coefficient (Wildman–Crippen LogP) is 7.79. The topological polar surface area (TPSA) is 66.4 Å². The number of carbonyl (C=O) groups excluding carboxylic acids is 1. The number of carboxylic acid groups (broad SMARTS) is 1. The largest absolute Gasteiger partial charge is 0.480 e. The third kappa shape index (κ3) is 19.5. The highest BCUT2D eigenvalue weighted by atomic mass is 32.2. The quantitative estimate of drug-likeness (QED) is 0.162. The van der Waals surface area contributed by atoms with Crippen molar-refractivity contribution in [1.29, 1.82) is 0 Å². The molecule has 0 saturated carbocycles. The van der Waals surface area contributed by atoms with Crippen LogP contribution in [0.3, 0.4) is 0 Å². The molecule has 0 aromatic heterocycles. The van der Waals surface area contributed by atoms with Gasteiger partial charge in [-0.1, -0.05) is 58.2 Å². The van der Waals surface area contributed by atoms with Gasteiger partial charge in [0.2, 0.25) is 5.91 Å². The van der Waals surface area contributed by atoms with Crippen LogP contribution in [0.5, 0.6) is 0 Å². The number of hydrogen-bond donors (Lipinski definition) is 2. The maximum Gasteiger partial charge on any atom is 0.327 e. The third-order valence-electron chi connectivity index (χ3n) is 5.30. The number of rotatable bonds is 17. The van der Waals surface area contributed by atoms with E-state index in [-0.39, 0.29) is 5.91 Å². The molecule has 0 aliphatic heterocycles. The molecule has 0 fully saturated rings. The van der Waals surface area contributed by atoms with Crippen LogP contribution in [-0.4, -0.2) is 34.5 Å². The molecule has 0 aliphatic carbocycles. The fourth-order valence-corrected chi connectivity index (χ4v) is 4.23. The lowest BCUT2D eigenvalue weighted by Gasteiger charge is -2.12. The third-order valence-corrected chi connectivity index (χ3v) is 6.27. The summed E-state index contributed by atoms with van der Waals surface area (Å²) >= 11 is 1.53. The minimum Gasteiger partial charge on any atom is -0.480 e. The van der Waals surface area contributed by atoms with Crippen LogP contribution in [0.25, 0.3) is 0 Å².